The summed E-state index contributed by atoms with van der Waals surface area (Å²) >= 11 is 0. The number of nitrogens with two attached hydrogens (primary N) is 1. The van der Waals surface area contributed by atoms with Crippen LogP contribution in [0.3, 0.4) is 0 Å². The van der Waals surface area contributed by atoms with Crippen LogP contribution in [0.25, 0.3) is 0 Å². The lowest BCUT2D eigenvalue weighted by molar-refractivity contribution is 0.316. The van der Waals surface area contributed by atoms with Gasteiger partial charge in [0.05, 0.1) is 4.90 Å². The zero-order valence-electron chi connectivity index (χ0n) is 10.6. The largest absolute Gasteiger partial charge is 0.326 e. The number of hydrogen-bond donors (Lipinski definition) is 2. The molecule has 2 rings (SSSR count). The molecule has 0 amide bonds. The molecule has 1 aliphatic rings. The van der Waals surface area contributed by atoms with E-state index in [1.54, 1.807) is 19.1 Å². The number of nitrogens with one attached hydrogen (secondary N) is 1. The molecule has 4 nitrogen and oxygen atoms in total. The predicted octanol–water partition coefficient (Wildman–Crippen LogP) is 1.53. The maximum atomic E-state index is 12.2. The third-order valence-electron chi connectivity index (χ3n) is 3.56. The van der Waals surface area contributed by atoms with Crippen LogP contribution in [0.5, 0.6) is 0 Å². The molecule has 0 spiro atoms. The first-order valence-corrected chi connectivity index (χ1v) is 7.80. The van der Waals surface area contributed by atoms with Gasteiger partial charge in [0.2, 0.25) is 10.0 Å². The molecule has 0 saturated heterocycles. The number of aryl methyl sites for hydroxylation is 1. The van der Waals surface area contributed by atoms with Crippen LogP contribution < -0.4 is 10.5 Å². The third-order valence-corrected chi connectivity index (χ3v) is 5.13. The molecule has 0 aromatic heterocycles. The summed E-state index contributed by atoms with van der Waals surface area (Å²) in [4.78, 5) is 0.352. The van der Waals surface area contributed by atoms with Crippen molar-refractivity contribution in [2.75, 3.05) is 6.54 Å². The van der Waals surface area contributed by atoms with E-state index in [-0.39, 0.29) is 0 Å². The smallest absolute Gasteiger partial charge is 0.240 e. The van der Waals surface area contributed by atoms with Gasteiger partial charge in [-0.1, -0.05) is 18.6 Å². The van der Waals surface area contributed by atoms with E-state index in [0.717, 1.165) is 24.0 Å². The Kier molecular flexibility index (Phi) is 4.04. The summed E-state index contributed by atoms with van der Waals surface area (Å²) in [5.74, 6) is 0.512. The highest BCUT2D eigenvalue weighted by atomic mass is 32.2. The van der Waals surface area contributed by atoms with Gasteiger partial charge < -0.3 is 5.73 Å². The van der Waals surface area contributed by atoms with Crippen LogP contribution >= 0.6 is 0 Å². The van der Waals surface area contributed by atoms with Gasteiger partial charge in [-0.05, 0) is 42.9 Å². The molecular weight excluding hydrogens is 248 g/mol. The molecule has 0 atom stereocenters. The summed E-state index contributed by atoms with van der Waals surface area (Å²) in [6, 6.07) is 5.33. The van der Waals surface area contributed by atoms with Crippen LogP contribution in [0.15, 0.2) is 23.1 Å². The van der Waals surface area contributed by atoms with Crippen molar-refractivity contribution in [2.24, 2.45) is 11.7 Å². The Hall–Kier alpha value is -0.910. The number of sulfonamides is 1. The van der Waals surface area contributed by atoms with Crippen LogP contribution in [0.4, 0.5) is 0 Å². The maximum Gasteiger partial charge on any atom is 0.240 e. The predicted molar refractivity (Wildman–Crippen MR) is 71.6 cm³/mol. The summed E-state index contributed by atoms with van der Waals surface area (Å²) in [5.41, 5.74) is 7.14. The van der Waals surface area contributed by atoms with E-state index < -0.39 is 10.0 Å². The van der Waals surface area contributed by atoms with Crippen LogP contribution in [-0.4, -0.2) is 15.0 Å². The van der Waals surface area contributed by atoms with Gasteiger partial charge in [-0.25, -0.2) is 13.1 Å². The summed E-state index contributed by atoms with van der Waals surface area (Å²) in [6.45, 7) is 2.71. The zero-order chi connectivity index (χ0) is 13.2. The lowest BCUT2D eigenvalue weighted by Gasteiger charge is -2.25. The zero-order valence-corrected chi connectivity index (χ0v) is 11.5. The van der Waals surface area contributed by atoms with E-state index >= 15 is 0 Å². The first-order chi connectivity index (χ1) is 8.53. The number of hydrogen-bond acceptors (Lipinski definition) is 3. The SMILES string of the molecule is Cc1ccc(CN)cc1S(=O)(=O)NCC1CCC1. The molecule has 0 bridgehead atoms. The molecule has 100 valence electrons. The third kappa shape index (κ3) is 2.91. The quantitative estimate of drug-likeness (QED) is 0.850. The van der Waals surface area contributed by atoms with Crippen LogP contribution in [0.2, 0.25) is 0 Å². The van der Waals surface area contributed by atoms with E-state index in [0.29, 0.717) is 23.9 Å². The fourth-order valence-electron chi connectivity index (χ4n) is 2.06. The molecule has 0 radical (unpaired) electrons. The van der Waals surface area contributed by atoms with Crippen LogP contribution in [-0.2, 0) is 16.6 Å². The number of rotatable bonds is 5. The molecule has 0 heterocycles. The van der Waals surface area contributed by atoms with Crippen LogP contribution in [0.1, 0.15) is 30.4 Å². The Bertz CT molecular complexity index is 522. The molecule has 1 aromatic carbocycles. The van der Waals surface area contributed by atoms with E-state index in [1.165, 1.54) is 6.42 Å². The van der Waals surface area contributed by atoms with E-state index in [4.69, 9.17) is 5.73 Å². The Morgan fingerprint density at radius 2 is 2.11 bits per heavy atom. The summed E-state index contributed by atoms with van der Waals surface area (Å²) < 4.78 is 27.1. The Labute approximate surface area is 109 Å². The van der Waals surface area contributed by atoms with E-state index in [1.807, 2.05) is 6.07 Å². The Morgan fingerprint density at radius 3 is 2.67 bits per heavy atom. The topological polar surface area (TPSA) is 72.2 Å². The molecule has 18 heavy (non-hydrogen) atoms. The minimum Gasteiger partial charge on any atom is -0.326 e. The van der Waals surface area contributed by atoms with Gasteiger partial charge in [0.1, 0.15) is 0 Å². The molecule has 1 saturated carbocycles. The van der Waals surface area contributed by atoms with Crippen molar-refractivity contribution in [3.05, 3.63) is 29.3 Å². The van der Waals surface area contributed by atoms with E-state index in [9.17, 15) is 8.42 Å². The molecule has 1 aromatic rings. The molecule has 0 unspecified atom stereocenters. The lowest BCUT2D eigenvalue weighted by atomic mass is 9.86. The Balaban J connectivity index is 2.16. The fraction of sp³-hybridized carbons (Fsp3) is 0.538. The van der Waals surface area contributed by atoms with Crippen molar-refractivity contribution in [2.45, 2.75) is 37.6 Å². The van der Waals surface area contributed by atoms with Crippen molar-refractivity contribution in [1.29, 1.82) is 0 Å². The molecule has 3 N–H and O–H groups in total. The average Bonchev–Trinajstić information content (AvgIpc) is 2.27. The highest BCUT2D eigenvalue weighted by molar-refractivity contribution is 7.89. The first kappa shape index (κ1) is 13.5. The van der Waals surface area contributed by atoms with Crippen molar-refractivity contribution in [3.63, 3.8) is 0 Å². The molecular formula is C13H20N2O2S. The molecule has 5 heteroatoms. The van der Waals surface area contributed by atoms with Crippen LogP contribution in [0, 0.1) is 12.8 Å². The van der Waals surface area contributed by atoms with E-state index in [2.05, 4.69) is 4.72 Å². The molecule has 0 aliphatic heterocycles. The maximum absolute atomic E-state index is 12.2. The van der Waals surface area contributed by atoms with Crippen molar-refractivity contribution in [1.82, 2.24) is 4.72 Å². The van der Waals surface area contributed by atoms with Gasteiger partial charge in [-0.15, -0.1) is 0 Å². The minimum absolute atomic E-state index is 0.352. The van der Waals surface area contributed by atoms with Gasteiger partial charge in [0.25, 0.3) is 0 Å². The van der Waals surface area contributed by atoms with Crippen molar-refractivity contribution in [3.8, 4) is 0 Å². The minimum atomic E-state index is -3.40. The van der Waals surface area contributed by atoms with Crippen molar-refractivity contribution >= 4 is 10.0 Å². The lowest BCUT2D eigenvalue weighted by Crippen LogP contribution is -2.32. The van der Waals surface area contributed by atoms with Gasteiger partial charge >= 0.3 is 0 Å². The Morgan fingerprint density at radius 1 is 1.39 bits per heavy atom. The second kappa shape index (κ2) is 5.38. The van der Waals surface area contributed by atoms with Crippen molar-refractivity contribution < 1.29 is 8.42 Å². The first-order valence-electron chi connectivity index (χ1n) is 6.32. The summed E-state index contributed by atoms with van der Waals surface area (Å²) in [6.07, 6.45) is 3.47. The van der Waals surface area contributed by atoms with Gasteiger partial charge in [0, 0.05) is 13.1 Å². The monoisotopic (exact) mass is 268 g/mol. The average molecular weight is 268 g/mol. The van der Waals surface area contributed by atoms with Gasteiger partial charge in [0.15, 0.2) is 0 Å². The second-order valence-corrected chi connectivity index (χ2v) is 6.69. The van der Waals surface area contributed by atoms with Gasteiger partial charge in [-0.3, -0.25) is 0 Å². The van der Waals surface area contributed by atoms with Gasteiger partial charge in [-0.2, -0.15) is 0 Å². The normalized spacial score (nSPS) is 16.6. The summed E-state index contributed by atoms with van der Waals surface area (Å²) in [7, 11) is -3.40. The second-order valence-electron chi connectivity index (χ2n) is 4.95. The fourth-order valence-corrected chi connectivity index (χ4v) is 3.47. The number of benzene rings is 1. The highest BCUT2D eigenvalue weighted by Gasteiger charge is 2.22. The summed E-state index contributed by atoms with van der Waals surface area (Å²) in [5, 5.41) is 0. The highest BCUT2D eigenvalue weighted by Crippen LogP contribution is 2.26. The standard InChI is InChI=1S/C13H20N2O2S/c1-10-5-6-12(8-14)7-13(10)18(16,17)15-9-11-3-2-4-11/h5-7,11,15H,2-4,8-9,14H2,1H3. The molecule has 1 aliphatic carbocycles. The molecule has 1 fully saturated rings.